The molecule has 0 aliphatic heterocycles. The molecule has 0 nitrogen and oxygen atoms in total. The van der Waals surface area contributed by atoms with E-state index in [4.69, 9.17) is 0 Å². The topological polar surface area (TPSA) is 0 Å². The van der Waals surface area contributed by atoms with E-state index in [-0.39, 0.29) is 41.9 Å². The van der Waals surface area contributed by atoms with Crippen molar-refractivity contribution in [2.24, 2.45) is 0 Å². The van der Waals surface area contributed by atoms with E-state index >= 15 is 0 Å². The average Bonchev–Trinajstić information content (AvgIpc) is 2.01. The third-order valence-corrected chi connectivity index (χ3v) is 85.4. The first kappa shape index (κ1) is 21.4. The maximum absolute atomic E-state index is 3.05. The molecule has 92 valence electrons. The fourth-order valence-corrected chi connectivity index (χ4v) is 128. The lowest BCUT2D eigenvalue weighted by Crippen LogP contribution is -1.43. The molecule has 0 spiro atoms. The van der Waals surface area contributed by atoms with Crippen molar-refractivity contribution in [3.05, 3.63) is 0 Å². The first-order valence-electron chi connectivity index (χ1n) is 3.31. The molecule has 0 aliphatic rings. The van der Waals surface area contributed by atoms with Crippen molar-refractivity contribution >= 4 is 121 Å². The van der Waals surface area contributed by atoms with E-state index < -0.39 is 0 Å². The van der Waals surface area contributed by atoms with Crippen LogP contribution in [0.25, 0.3) is 0 Å². The molecular weight excluding hydrogens is 465 g/mol. The van der Waals surface area contributed by atoms with Gasteiger partial charge >= 0.3 is 0 Å². The summed E-state index contributed by atoms with van der Waals surface area (Å²) in [6.45, 7) is 0.917. The Balaban J connectivity index is 4.48. The minimum absolute atomic E-state index is 0.112. The molecule has 0 fully saturated rings. The molecule has 0 aromatic rings. The third kappa shape index (κ3) is 9.95. The molecule has 0 N–H and O–H groups in total. The first-order chi connectivity index (χ1) is 6.77. The van der Waals surface area contributed by atoms with Crippen molar-refractivity contribution in [1.29, 1.82) is 0 Å². The first-order valence-corrected chi connectivity index (χ1v) is 29.8. The molecule has 0 saturated heterocycles. The second kappa shape index (κ2) is 11.9. The Morgan fingerprint density at radius 1 is 0.467 bits per heavy atom. The molecule has 0 rings (SSSR count). The van der Waals surface area contributed by atoms with Crippen LogP contribution in [-0.2, 0) is 0 Å². The minimum Gasteiger partial charge on any atom is -0.102 e. The highest BCUT2D eigenvalue weighted by atomic mass is 33.3. The summed E-state index contributed by atoms with van der Waals surface area (Å²) in [5.41, 5.74) is 0. The Hall–Kier alpha value is 6.45. The van der Waals surface area contributed by atoms with Crippen molar-refractivity contribution in [1.82, 2.24) is 0 Å². The smallest absolute Gasteiger partial charge is 0.0133 e. The zero-order valence-electron chi connectivity index (χ0n) is 7.80. The normalized spacial score (nSPS) is 13.2. The zero-order chi connectivity index (χ0) is 12.2. The van der Waals surface area contributed by atoms with Gasteiger partial charge in [-0.05, 0) is 41.9 Å². The Bertz CT molecular complexity index is 119. The summed E-state index contributed by atoms with van der Waals surface area (Å²) >= 11 is 0. The van der Waals surface area contributed by atoms with Crippen molar-refractivity contribution in [2.75, 3.05) is 0 Å². The van der Waals surface area contributed by atoms with Gasteiger partial charge in [0.25, 0.3) is 0 Å². The Labute approximate surface area is 120 Å². The SMILES string of the molecule is PP(P)P(PP(P(P)P)P(P)P)P(P)P. The Kier molecular flexibility index (Phi) is 17.1. The van der Waals surface area contributed by atoms with E-state index in [1.807, 2.05) is 0 Å². The van der Waals surface area contributed by atoms with Gasteiger partial charge in [0.15, 0.2) is 0 Å². The lowest BCUT2D eigenvalue weighted by Gasteiger charge is -2.33. The highest BCUT2D eigenvalue weighted by Crippen LogP contribution is 3.16. The van der Waals surface area contributed by atoms with Gasteiger partial charge in [0.05, 0.1) is 0 Å². The largest absolute Gasteiger partial charge is 0.102 e. The summed E-state index contributed by atoms with van der Waals surface area (Å²) in [4.78, 5) is 0. The number of hydrogen-bond donors (Lipinski definition) is 0. The molecule has 0 aromatic heterocycles. The molecule has 8 atom stereocenters. The molecule has 0 amide bonds. The van der Waals surface area contributed by atoms with Crippen molar-refractivity contribution in [3.63, 3.8) is 0 Å². The summed E-state index contributed by atoms with van der Waals surface area (Å²) in [7, 11) is 25.6. The maximum Gasteiger partial charge on any atom is -0.0133 e. The lowest BCUT2D eigenvalue weighted by atomic mass is 28.7. The summed E-state index contributed by atoms with van der Waals surface area (Å²) in [5.74, 6) is 0. The highest BCUT2D eigenvalue weighted by molar-refractivity contribution is 9.22. The molecule has 15 heteroatoms. The van der Waals surface area contributed by atoms with Gasteiger partial charge in [-0.15, -0.1) is 71.4 Å². The summed E-state index contributed by atoms with van der Waals surface area (Å²) in [6.07, 6.45) is 0. The highest BCUT2D eigenvalue weighted by Gasteiger charge is 2.26. The van der Waals surface area contributed by atoms with E-state index in [1.54, 1.807) is 0 Å². The zero-order valence-corrected chi connectivity index (χ0v) is 23.4. The van der Waals surface area contributed by atoms with Gasteiger partial charge < -0.3 is 0 Å². The fourth-order valence-electron chi connectivity index (χ4n) is 0.525. The molecule has 0 aliphatic carbocycles. The van der Waals surface area contributed by atoms with Crippen LogP contribution in [0.2, 0.25) is 0 Å². The van der Waals surface area contributed by atoms with Gasteiger partial charge in [-0.25, -0.2) is 0 Å². The number of rotatable bonds is 6. The van der Waals surface area contributed by atoms with Crippen LogP contribution in [0.1, 0.15) is 0 Å². The van der Waals surface area contributed by atoms with Crippen LogP contribution >= 0.6 is 121 Å². The maximum atomic E-state index is 3.05. The van der Waals surface area contributed by atoms with E-state index in [0.717, 1.165) is 0 Å². The van der Waals surface area contributed by atoms with Crippen LogP contribution in [-0.4, -0.2) is 0 Å². The van der Waals surface area contributed by atoms with Crippen LogP contribution in [0, 0.1) is 0 Å². The Morgan fingerprint density at radius 3 is 0.800 bits per heavy atom. The minimum atomic E-state index is 0.112. The quantitative estimate of drug-likeness (QED) is 0.334. The number of hydrogen-bond acceptors (Lipinski definition) is 0. The van der Waals surface area contributed by atoms with Crippen LogP contribution in [0.5, 0.6) is 0 Å². The van der Waals surface area contributed by atoms with Gasteiger partial charge in [0.2, 0.25) is 0 Å². The van der Waals surface area contributed by atoms with Gasteiger partial charge in [-0.3, -0.25) is 0 Å². The average molecular weight is 482 g/mol. The van der Waals surface area contributed by atoms with E-state index in [2.05, 4.69) is 71.4 Å². The second-order valence-corrected chi connectivity index (χ2v) is 59.4. The second-order valence-electron chi connectivity index (χ2n) is 2.20. The third-order valence-electron chi connectivity index (χ3n) is 1.05. The molecule has 0 bridgehead atoms. The molecule has 8 unspecified atom stereocenters. The summed E-state index contributed by atoms with van der Waals surface area (Å²) < 4.78 is 0. The Morgan fingerprint density at radius 2 is 0.667 bits per heavy atom. The van der Waals surface area contributed by atoms with Gasteiger partial charge in [-0.1, -0.05) is 7.96 Å². The molecule has 15 heavy (non-hydrogen) atoms. The molecule has 0 radical (unpaired) electrons. The molecule has 0 heterocycles. The van der Waals surface area contributed by atoms with Crippen molar-refractivity contribution in [3.8, 4) is 0 Å². The predicted molar refractivity (Wildman–Crippen MR) is 128 cm³/mol. The molecule has 0 aromatic carbocycles. The van der Waals surface area contributed by atoms with Crippen LogP contribution in [0.4, 0.5) is 0 Å². The van der Waals surface area contributed by atoms with E-state index in [1.165, 1.54) is 7.96 Å². The van der Waals surface area contributed by atoms with Gasteiger partial charge in [-0.2, -0.15) is 0 Å². The molecule has 0 saturated carbocycles. The standard InChI is InChI=1S/H17P15/c1-10(2)14(11(3)4)9-15(12(5)6)13(7)8/h9H,1-8H2. The van der Waals surface area contributed by atoms with Crippen molar-refractivity contribution in [2.45, 2.75) is 0 Å². The van der Waals surface area contributed by atoms with Gasteiger partial charge in [0.1, 0.15) is 0 Å². The monoisotopic (exact) mass is 482 g/mol. The predicted octanol–water partition coefficient (Wildman–Crippen LogP) is 8.37. The van der Waals surface area contributed by atoms with Crippen LogP contribution in [0.15, 0.2) is 0 Å². The lowest BCUT2D eigenvalue weighted by molar-refractivity contribution is 4.63. The van der Waals surface area contributed by atoms with E-state index in [0.29, 0.717) is 0 Å². The van der Waals surface area contributed by atoms with Crippen LogP contribution < -0.4 is 0 Å². The van der Waals surface area contributed by atoms with Gasteiger partial charge in [0, 0.05) is 0 Å². The summed E-state index contributed by atoms with van der Waals surface area (Å²) in [6, 6.07) is 0. The van der Waals surface area contributed by atoms with E-state index in [9.17, 15) is 0 Å². The fraction of sp³-hybridized carbons (Fsp3) is 0. The van der Waals surface area contributed by atoms with Crippen LogP contribution in [0.3, 0.4) is 0 Å². The molecular formula is H17P15. The summed E-state index contributed by atoms with van der Waals surface area (Å²) in [5, 5.41) is 0. The van der Waals surface area contributed by atoms with Crippen molar-refractivity contribution < 1.29 is 0 Å².